The summed E-state index contributed by atoms with van der Waals surface area (Å²) in [6.45, 7) is 2.17. The number of hydroxylamine groups is 1. The molecule has 0 saturated heterocycles. The van der Waals surface area contributed by atoms with Crippen molar-refractivity contribution in [2.45, 2.75) is 13.5 Å². The van der Waals surface area contributed by atoms with Crippen molar-refractivity contribution in [2.75, 3.05) is 11.5 Å². The zero-order valence-electron chi connectivity index (χ0n) is 14.0. The van der Waals surface area contributed by atoms with Crippen LogP contribution >= 0.6 is 0 Å². The SMILES string of the molecule is Cc1ccc2nc(CN3C(=O)COc4ccc(C(=O)NO)cc43)cn2c1. The molecule has 4 rings (SSSR count). The van der Waals surface area contributed by atoms with Crippen molar-refractivity contribution in [1.82, 2.24) is 14.9 Å². The van der Waals surface area contributed by atoms with Crippen LogP contribution in [0.1, 0.15) is 21.6 Å². The van der Waals surface area contributed by atoms with Gasteiger partial charge in [0.25, 0.3) is 11.8 Å². The average Bonchev–Trinajstić information content (AvgIpc) is 3.04. The Morgan fingerprint density at radius 3 is 2.96 bits per heavy atom. The van der Waals surface area contributed by atoms with Crippen molar-refractivity contribution < 1.29 is 19.5 Å². The molecule has 3 heterocycles. The highest BCUT2D eigenvalue weighted by molar-refractivity contribution is 6.00. The first-order valence-electron chi connectivity index (χ1n) is 8.01. The molecule has 1 aromatic carbocycles. The molecule has 0 bridgehead atoms. The van der Waals surface area contributed by atoms with Gasteiger partial charge >= 0.3 is 0 Å². The van der Waals surface area contributed by atoms with E-state index in [-0.39, 0.29) is 24.6 Å². The van der Waals surface area contributed by atoms with Gasteiger partial charge in [-0.3, -0.25) is 19.7 Å². The Kier molecular flexibility index (Phi) is 3.81. The van der Waals surface area contributed by atoms with Crippen LogP contribution in [-0.2, 0) is 11.3 Å². The highest BCUT2D eigenvalue weighted by atomic mass is 16.5. The summed E-state index contributed by atoms with van der Waals surface area (Å²) >= 11 is 0. The molecular formula is C18H16N4O4. The summed E-state index contributed by atoms with van der Waals surface area (Å²) in [6, 6.07) is 8.52. The Morgan fingerprint density at radius 1 is 1.31 bits per heavy atom. The molecule has 0 atom stereocenters. The Balaban J connectivity index is 1.71. The number of aromatic nitrogens is 2. The van der Waals surface area contributed by atoms with Crippen LogP contribution < -0.4 is 15.1 Å². The smallest absolute Gasteiger partial charge is 0.274 e. The molecule has 0 unspecified atom stereocenters. The number of ether oxygens (including phenoxy) is 1. The first-order chi connectivity index (χ1) is 12.5. The highest BCUT2D eigenvalue weighted by Gasteiger charge is 2.27. The summed E-state index contributed by atoms with van der Waals surface area (Å²) < 4.78 is 7.34. The van der Waals surface area contributed by atoms with Crippen LogP contribution in [0.2, 0.25) is 0 Å². The summed E-state index contributed by atoms with van der Waals surface area (Å²) in [5.74, 6) is -0.389. The van der Waals surface area contributed by atoms with E-state index in [1.807, 2.05) is 35.9 Å². The van der Waals surface area contributed by atoms with Crippen LogP contribution in [0.5, 0.6) is 5.75 Å². The number of rotatable bonds is 3. The summed E-state index contributed by atoms with van der Waals surface area (Å²) in [5, 5.41) is 8.82. The topological polar surface area (TPSA) is 96.2 Å². The molecule has 0 radical (unpaired) electrons. The van der Waals surface area contributed by atoms with E-state index in [1.165, 1.54) is 17.0 Å². The molecule has 0 fully saturated rings. The van der Waals surface area contributed by atoms with Gasteiger partial charge in [0.05, 0.1) is 17.9 Å². The third kappa shape index (κ3) is 2.76. The molecule has 2 amide bonds. The maximum absolute atomic E-state index is 12.4. The number of carbonyl (C=O) groups excluding carboxylic acids is 2. The number of hydrogen-bond acceptors (Lipinski definition) is 5. The van der Waals surface area contributed by atoms with Crippen molar-refractivity contribution in [1.29, 1.82) is 0 Å². The summed E-state index contributed by atoms with van der Waals surface area (Å²) in [4.78, 5) is 30.1. The van der Waals surface area contributed by atoms with Gasteiger partial charge in [-0.25, -0.2) is 10.5 Å². The highest BCUT2D eigenvalue weighted by Crippen LogP contribution is 2.34. The van der Waals surface area contributed by atoms with E-state index < -0.39 is 5.91 Å². The maximum Gasteiger partial charge on any atom is 0.274 e. The molecule has 1 aliphatic heterocycles. The summed E-state index contributed by atoms with van der Waals surface area (Å²) in [5.41, 5.74) is 4.89. The van der Waals surface area contributed by atoms with Crippen LogP contribution in [0.25, 0.3) is 5.65 Å². The van der Waals surface area contributed by atoms with Gasteiger partial charge in [-0.15, -0.1) is 0 Å². The number of imidazole rings is 1. The maximum atomic E-state index is 12.4. The number of aryl methyl sites for hydroxylation is 1. The quantitative estimate of drug-likeness (QED) is 0.552. The van der Waals surface area contributed by atoms with Crippen molar-refractivity contribution in [3.63, 3.8) is 0 Å². The second kappa shape index (κ2) is 6.16. The Labute approximate surface area is 148 Å². The van der Waals surface area contributed by atoms with Gasteiger partial charge in [-0.2, -0.15) is 0 Å². The number of hydrogen-bond donors (Lipinski definition) is 2. The molecule has 132 valence electrons. The first kappa shape index (κ1) is 16.1. The lowest BCUT2D eigenvalue weighted by molar-refractivity contribution is -0.121. The van der Waals surface area contributed by atoms with Gasteiger partial charge in [-0.1, -0.05) is 6.07 Å². The van der Waals surface area contributed by atoms with E-state index in [0.717, 1.165) is 11.2 Å². The minimum absolute atomic E-state index is 0.0784. The average molecular weight is 352 g/mol. The predicted octanol–water partition coefficient (Wildman–Crippen LogP) is 1.69. The van der Waals surface area contributed by atoms with Crippen LogP contribution in [0.3, 0.4) is 0 Å². The van der Waals surface area contributed by atoms with E-state index in [4.69, 9.17) is 9.94 Å². The van der Waals surface area contributed by atoms with Crippen LogP contribution in [0.15, 0.2) is 42.7 Å². The van der Waals surface area contributed by atoms with Crippen molar-refractivity contribution in [2.24, 2.45) is 0 Å². The third-order valence-corrected chi connectivity index (χ3v) is 4.23. The lowest BCUT2D eigenvalue weighted by Crippen LogP contribution is -2.38. The number of nitrogens with one attached hydrogen (secondary N) is 1. The number of fused-ring (bicyclic) bond motifs is 2. The van der Waals surface area contributed by atoms with Crippen LogP contribution in [-0.4, -0.2) is 33.0 Å². The number of pyridine rings is 1. The van der Waals surface area contributed by atoms with Gasteiger partial charge in [0.2, 0.25) is 0 Å². The molecule has 8 nitrogen and oxygen atoms in total. The first-order valence-corrected chi connectivity index (χ1v) is 8.01. The van der Waals surface area contributed by atoms with Gasteiger partial charge in [0, 0.05) is 18.0 Å². The molecule has 0 saturated carbocycles. The third-order valence-electron chi connectivity index (χ3n) is 4.23. The molecule has 3 aromatic rings. The Bertz CT molecular complexity index is 1030. The molecule has 0 spiro atoms. The molecule has 0 aliphatic carbocycles. The summed E-state index contributed by atoms with van der Waals surface area (Å²) in [6.07, 6.45) is 3.83. The van der Waals surface area contributed by atoms with Crippen LogP contribution in [0.4, 0.5) is 5.69 Å². The normalized spacial score (nSPS) is 13.5. The van der Waals surface area contributed by atoms with Crippen molar-refractivity contribution in [3.05, 3.63) is 59.5 Å². The molecule has 2 aromatic heterocycles. The van der Waals surface area contributed by atoms with Crippen molar-refractivity contribution >= 4 is 23.1 Å². The zero-order valence-corrected chi connectivity index (χ0v) is 14.0. The number of nitrogens with zero attached hydrogens (tertiary/aromatic N) is 3. The van der Waals surface area contributed by atoms with E-state index in [2.05, 4.69) is 4.98 Å². The fourth-order valence-corrected chi connectivity index (χ4v) is 2.97. The fourth-order valence-electron chi connectivity index (χ4n) is 2.97. The number of anilines is 1. The fraction of sp³-hybridized carbons (Fsp3) is 0.167. The lowest BCUT2D eigenvalue weighted by atomic mass is 10.1. The number of benzene rings is 1. The monoisotopic (exact) mass is 352 g/mol. The number of carbonyl (C=O) groups is 2. The molecule has 8 heteroatoms. The second-order valence-electron chi connectivity index (χ2n) is 6.10. The molecule has 2 N–H and O–H groups in total. The largest absolute Gasteiger partial charge is 0.482 e. The molecular weight excluding hydrogens is 336 g/mol. The van der Waals surface area contributed by atoms with E-state index in [0.29, 0.717) is 17.1 Å². The number of amides is 2. The summed E-state index contributed by atoms with van der Waals surface area (Å²) in [7, 11) is 0. The standard InChI is InChI=1S/C18H16N4O4/c1-11-2-5-16-19-13(8-21(16)7-11)9-22-14-6-12(18(24)20-25)3-4-15(14)26-10-17(22)23/h2-8,25H,9-10H2,1H3,(H,20,24). The van der Waals surface area contributed by atoms with Crippen molar-refractivity contribution in [3.8, 4) is 5.75 Å². The Hall–Kier alpha value is -3.39. The zero-order chi connectivity index (χ0) is 18.3. The van der Waals surface area contributed by atoms with E-state index in [1.54, 1.807) is 11.5 Å². The van der Waals surface area contributed by atoms with Gasteiger partial charge in [-0.05, 0) is 36.8 Å². The predicted molar refractivity (Wildman–Crippen MR) is 92.3 cm³/mol. The molecule has 1 aliphatic rings. The second-order valence-corrected chi connectivity index (χ2v) is 6.10. The minimum atomic E-state index is -0.658. The minimum Gasteiger partial charge on any atom is -0.482 e. The van der Waals surface area contributed by atoms with Crippen LogP contribution in [0, 0.1) is 6.92 Å². The lowest BCUT2D eigenvalue weighted by Gasteiger charge is -2.29. The van der Waals surface area contributed by atoms with Gasteiger partial charge in [0.15, 0.2) is 6.61 Å². The van der Waals surface area contributed by atoms with Gasteiger partial charge in [0.1, 0.15) is 11.4 Å². The van der Waals surface area contributed by atoms with E-state index in [9.17, 15) is 9.59 Å². The molecule has 26 heavy (non-hydrogen) atoms. The Morgan fingerprint density at radius 2 is 2.15 bits per heavy atom. The van der Waals surface area contributed by atoms with E-state index >= 15 is 0 Å². The van der Waals surface area contributed by atoms with Gasteiger partial charge < -0.3 is 9.14 Å².